The Morgan fingerprint density at radius 3 is 2.61 bits per heavy atom. The van der Waals surface area contributed by atoms with Crippen molar-refractivity contribution in [2.75, 3.05) is 5.75 Å². The lowest BCUT2D eigenvalue weighted by molar-refractivity contribution is -0.134. The third kappa shape index (κ3) is 3.65. The van der Waals surface area contributed by atoms with Gasteiger partial charge in [0.2, 0.25) is 5.91 Å². The first-order chi connectivity index (χ1) is 15.0. The molecule has 8 heteroatoms. The van der Waals surface area contributed by atoms with E-state index in [1.54, 1.807) is 0 Å². The third-order valence-corrected chi connectivity index (χ3v) is 8.88. The lowest BCUT2D eigenvalue weighted by atomic mass is 9.97. The first-order valence-corrected chi connectivity index (χ1v) is 13.4. The molecule has 0 unspecified atom stereocenters. The number of amides is 1. The summed E-state index contributed by atoms with van der Waals surface area (Å²) in [6, 6.07) is 0.633. The van der Waals surface area contributed by atoms with Crippen LogP contribution in [0.25, 0.3) is 15.9 Å². The summed E-state index contributed by atoms with van der Waals surface area (Å²) >= 11 is 3.34. The largest absolute Gasteiger partial charge is 0.337 e. The Kier molecular flexibility index (Phi) is 5.71. The van der Waals surface area contributed by atoms with Crippen LogP contribution in [-0.4, -0.2) is 48.2 Å². The summed E-state index contributed by atoms with van der Waals surface area (Å²) in [4.78, 5) is 22.8. The van der Waals surface area contributed by atoms with Gasteiger partial charge >= 0.3 is 0 Å². The Bertz CT molecular complexity index is 1120. The maximum Gasteiger partial charge on any atom is 0.233 e. The van der Waals surface area contributed by atoms with E-state index in [4.69, 9.17) is 4.98 Å². The van der Waals surface area contributed by atoms with Gasteiger partial charge in [0.1, 0.15) is 10.7 Å². The predicted octanol–water partition coefficient (Wildman–Crippen LogP) is 5.22. The van der Waals surface area contributed by atoms with E-state index >= 15 is 0 Å². The van der Waals surface area contributed by atoms with Gasteiger partial charge in [-0.15, -0.1) is 21.5 Å². The van der Waals surface area contributed by atoms with Crippen molar-refractivity contribution in [3.05, 3.63) is 16.3 Å². The minimum atomic E-state index is 0.203. The zero-order valence-corrected chi connectivity index (χ0v) is 20.5. The molecular formula is C23H31N5OS2. The Hall–Kier alpha value is -1.67. The molecular weight excluding hydrogens is 426 g/mol. The number of hydrogen-bond donors (Lipinski definition) is 0. The topological polar surface area (TPSA) is 63.4 Å². The van der Waals surface area contributed by atoms with Crippen molar-refractivity contribution >= 4 is 44.9 Å². The van der Waals surface area contributed by atoms with Gasteiger partial charge in [-0.05, 0) is 64.4 Å². The lowest BCUT2D eigenvalue weighted by Crippen LogP contribution is -2.48. The molecule has 0 radical (unpaired) electrons. The van der Waals surface area contributed by atoms with Crippen LogP contribution in [0.2, 0.25) is 0 Å². The van der Waals surface area contributed by atoms with Crippen LogP contribution in [0.5, 0.6) is 0 Å². The Morgan fingerprint density at radius 1 is 1.13 bits per heavy atom. The number of rotatable bonds is 4. The molecule has 5 rings (SSSR count). The Balaban J connectivity index is 1.51. The molecule has 1 aliphatic heterocycles. The maximum absolute atomic E-state index is 13.1. The second-order valence-corrected chi connectivity index (χ2v) is 11.4. The standard InChI is InChI=1S/C23H31N5OS2/c1-13(2)20-24-22-19(16-10-5-6-11-17(16)31-22)21-25-26-23(28(20)21)30-12-18(29)27-14(3)8-7-9-15(27)4/h13-15H,5-12H2,1-4H3/t14-,15+. The molecule has 2 atom stereocenters. The highest BCUT2D eigenvalue weighted by Crippen LogP contribution is 2.39. The van der Waals surface area contributed by atoms with Gasteiger partial charge in [-0.3, -0.25) is 9.20 Å². The number of carbonyl (C=O) groups is 1. The fourth-order valence-electron chi connectivity index (χ4n) is 5.25. The molecule has 4 heterocycles. The number of thiophene rings is 1. The zero-order valence-electron chi connectivity index (χ0n) is 18.8. The van der Waals surface area contributed by atoms with E-state index in [0.29, 0.717) is 17.8 Å². The average molecular weight is 458 g/mol. The van der Waals surface area contributed by atoms with Crippen LogP contribution in [0.3, 0.4) is 0 Å². The summed E-state index contributed by atoms with van der Waals surface area (Å²) < 4.78 is 2.12. The summed E-state index contributed by atoms with van der Waals surface area (Å²) in [6.07, 6.45) is 8.14. The number of nitrogens with zero attached hydrogens (tertiary/aromatic N) is 5. The second-order valence-electron chi connectivity index (χ2n) is 9.38. The van der Waals surface area contributed by atoms with Gasteiger partial charge in [0.15, 0.2) is 10.8 Å². The van der Waals surface area contributed by atoms with Crippen LogP contribution in [0.1, 0.15) is 82.0 Å². The summed E-state index contributed by atoms with van der Waals surface area (Å²) in [7, 11) is 0. The van der Waals surface area contributed by atoms with E-state index in [1.165, 1.54) is 46.9 Å². The minimum Gasteiger partial charge on any atom is -0.337 e. The normalized spacial score (nSPS) is 21.9. The molecule has 0 bridgehead atoms. The molecule has 3 aromatic rings. The maximum atomic E-state index is 13.1. The van der Waals surface area contributed by atoms with E-state index in [1.807, 2.05) is 11.3 Å². The third-order valence-electron chi connectivity index (χ3n) is 6.78. The molecule has 3 aromatic heterocycles. The molecule has 2 aliphatic rings. The fraction of sp³-hybridized carbons (Fsp3) is 0.652. The van der Waals surface area contributed by atoms with Crippen molar-refractivity contribution < 1.29 is 4.79 Å². The first kappa shape index (κ1) is 21.2. The minimum absolute atomic E-state index is 0.203. The van der Waals surface area contributed by atoms with Gasteiger partial charge in [-0.1, -0.05) is 25.6 Å². The number of likely N-dealkylation sites (tertiary alicyclic amines) is 1. The van der Waals surface area contributed by atoms with Crippen molar-refractivity contribution in [1.29, 1.82) is 0 Å². The van der Waals surface area contributed by atoms with Gasteiger partial charge in [0.25, 0.3) is 0 Å². The fourth-order valence-corrected chi connectivity index (χ4v) is 7.32. The Morgan fingerprint density at radius 2 is 1.87 bits per heavy atom. The lowest BCUT2D eigenvalue weighted by Gasteiger charge is -2.39. The predicted molar refractivity (Wildman–Crippen MR) is 127 cm³/mol. The number of fused-ring (bicyclic) bond motifs is 5. The first-order valence-electron chi connectivity index (χ1n) is 11.6. The molecule has 1 saturated heterocycles. The molecule has 0 spiro atoms. The molecule has 1 fully saturated rings. The van der Waals surface area contributed by atoms with Crippen molar-refractivity contribution in [2.45, 2.75) is 95.8 Å². The van der Waals surface area contributed by atoms with Gasteiger partial charge in [-0.25, -0.2) is 4.98 Å². The van der Waals surface area contributed by atoms with E-state index < -0.39 is 0 Å². The number of hydrogen-bond acceptors (Lipinski definition) is 6. The van der Waals surface area contributed by atoms with Crippen molar-refractivity contribution in [1.82, 2.24) is 24.5 Å². The Labute approximate surface area is 191 Å². The van der Waals surface area contributed by atoms with Crippen LogP contribution < -0.4 is 0 Å². The van der Waals surface area contributed by atoms with Crippen LogP contribution >= 0.6 is 23.1 Å². The molecule has 166 valence electrons. The van der Waals surface area contributed by atoms with Gasteiger partial charge in [0.05, 0.1) is 11.1 Å². The van der Waals surface area contributed by atoms with Crippen LogP contribution in [0.4, 0.5) is 0 Å². The quantitative estimate of drug-likeness (QED) is 0.503. The summed E-state index contributed by atoms with van der Waals surface area (Å²) in [5.41, 5.74) is 2.35. The second kappa shape index (κ2) is 8.35. The molecule has 0 saturated carbocycles. The molecule has 0 aromatic carbocycles. The number of thioether (sulfide) groups is 1. The van der Waals surface area contributed by atoms with Gasteiger partial charge < -0.3 is 4.90 Å². The van der Waals surface area contributed by atoms with Crippen LogP contribution in [0, 0.1) is 0 Å². The SMILES string of the molecule is CC(C)c1nc2sc3c(c2c2nnc(SCC(=O)N4[C@H](C)CCC[C@@H]4C)n12)CCCC3. The van der Waals surface area contributed by atoms with Gasteiger partial charge in [0, 0.05) is 22.9 Å². The number of aryl methyl sites for hydroxylation is 2. The summed E-state index contributed by atoms with van der Waals surface area (Å²) in [5.74, 6) is 1.83. The molecule has 1 amide bonds. The van der Waals surface area contributed by atoms with E-state index in [2.05, 4.69) is 47.2 Å². The monoisotopic (exact) mass is 457 g/mol. The number of piperidine rings is 1. The van der Waals surface area contributed by atoms with Crippen molar-refractivity contribution in [2.24, 2.45) is 0 Å². The number of carbonyl (C=O) groups excluding carboxylic acids is 1. The molecule has 1 aliphatic carbocycles. The zero-order chi connectivity index (χ0) is 21.7. The van der Waals surface area contributed by atoms with E-state index in [9.17, 15) is 4.79 Å². The van der Waals surface area contributed by atoms with Crippen molar-refractivity contribution in [3.8, 4) is 0 Å². The number of aromatic nitrogens is 4. The molecule has 6 nitrogen and oxygen atoms in total. The average Bonchev–Trinajstić information content (AvgIpc) is 3.32. The molecule has 31 heavy (non-hydrogen) atoms. The van der Waals surface area contributed by atoms with Crippen molar-refractivity contribution in [3.63, 3.8) is 0 Å². The van der Waals surface area contributed by atoms with E-state index in [-0.39, 0.29) is 11.8 Å². The highest BCUT2D eigenvalue weighted by Gasteiger charge is 2.30. The van der Waals surface area contributed by atoms with Crippen LogP contribution in [0.15, 0.2) is 5.16 Å². The molecule has 0 N–H and O–H groups in total. The highest BCUT2D eigenvalue weighted by molar-refractivity contribution is 7.99. The summed E-state index contributed by atoms with van der Waals surface area (Å²) in [6.45, 7) is 8.67. The van der Waals surface area contributed by atoms with Gasteiger partial charge in [-0.2, -0.15) is 0 Å². The summed E-state index contributed by atoms with van der Waals surface area (Å²) in [5, 5.41) is 11.1. The smallest absolute Gasteiger partial charge is 0.233 e. The highest BCUT2D eigenvalue weighted by atomic mass is 32.2. The van der Waals surface area contributed by atoms with Crippen LogP contribution in [-0.2, 0) is 17.6 Å². The van der Waals surface area contributed by atoms with E-state index in [0.717, 1.165) is 47.1 Å².